The van der Waals surface area contributed by atoms with Crippen LogP contribution in [0.1, 0.15) is 16.7 Å². The van der Waals surface area contributed by atoms with E-state index in [1.54, 1.807) is 0 Å². The molecule has 1 aliphatic heterocycles. The Morgan fingerprint density at radius 3 is 1.84 bits per heavy atom. The number of para-hydroxylation sites is 3. The third kappa shape index (κ3) is 6.98. The molecule has 0 aliphatic carbocycles. The molecule has 0 N–H and O–H groups in total. The Kier molecular flexibility index (Phi) is 9.78. The van der Waals surface area contributed by atoms with Crippen molar-refractivity contribution >= 4 is 89.4 Å². The summed E-state index contributed by atoms with van der Waals surface area (Å²) in [5.41, 5.74) is 19.6. The molecule has 0 atom stereocenters. The molecule has 12 aromatic rings. The molecule has 69 heavy (non-hydrogen) atoms. The average Bonchev–Trinajstić information content (AvgIpc) is 3.76. The molecule has 4 heteroatoms. The number of nitrogens with zero attached hydrogens (tertiary/aromatic N) is 2. The molecule has 3 nitrogen and oxygen atoms in total. The van der Waals surface area contributed by atoms with Crippen LogP contribution >= 0.6 is 11.8 Å². The van der Waals surface area contributed by atoms with Crippen LogP contribution in [0.4, 0.5) is 34.1 Å². The van der Waals surface area contributed by atoms with E-state index in [1.807, 2.05) is 23.9 Å². The number of rotatable bonds is 8. The van der Waals surface area contributed by atoms with E-state index in [0.717, 1.165) is 55.9 Å². The molecule has 0 spiro atoms. The van der Waals surface area contributed by atoms with Crippen LogP contribution in [0.3, 0.4) is 0 Å². The number of hydrogen-bond acceptors (Lipinski definition) is 4. The van der Waals surface area contributed by atoms with Gasteiger partial charge in [0.15, 0.2) is 0 Å². The lowest BCUT2D eigenvalue weighted by Crippen LogP contribution is -2.13. The summed E-state index contributed by atoms with van der Waals surface area (Å²) in [6.45, 7) is 6.64. The molecule has 0 fully saturated rings. The maximum atomic E-state index is 6.28. The van der Waals surface area contributed by atoms with E-state index in [9.17, 15) is 0 Å². The second kappa shape index (κ2) is 16.5. The van der Waals surface area contributed by atoms with Gasteiger partial charge in [0.2, 0.25) is 0 Å². The van der Waals surface area contributed by atoms with Crippen molar-refractivity contribution in [3.63, 3.8) is 0 Å². The largest absolute Gasteiger partial charge is 0.456 e. The van der Waals surface area contributed by atoms with Crippen LogP contribution in [-0.2, 0) is 0 Å². The van der Waals surface area contributed by atoms with Crippen LogP contribution in [0.15, 0.2) is 239 Å². The lowest BCUT2D eigenvalue weighted by molar-refractivity contribution is 0.669. The standard InChI is InChI=1S/C65H46N2OS/c1-41-35-42(2)65(43(3)36-41)67(48-17-8-5-9-18-48)51-31-33-54-58-38-47-26-25-46(37-56(47)55-21-14-24-62(64(55)58)69-63(54)40-51)44-27-29-49(30-28-44)66(59-22-12-10-19-52(59)45-15-6-4-7-16-45)50-32-34-61-57(39-50)53-20-11-13-23-60(53)68-61/h4-40H,1-3H3. The molecule has 1 aromatic heterocycles. The van der Waals surface area contributed by atoms with Crippen molar-refractivity contribution in [2.24, 2.45) is 0 Å². The maximum absolute atomic E-state index is 6.28. The van der Waals surface area contributed by atoms with Crippen LogP contribution < -0.4 is 9.80 Å². The molecule has 0 bridgehead atoms. The zero-order valence-electron chi connectivity index (χ0n) is 38.6. The summed E-state index contributed by atoms with van der Waals surface area (Å²) in [5, 5.41) is 7.31. The minimum absolute atomic E-state index is 0.881. The predicted octanol–water partition coefficient (Wildman–Crippen LogP) is 19.2. The molecular weight excluding hydrogens is 857 g/mol. The number of hydrogen-bond donors (Lipinski definition) is 0. The summed E-state index contributed by atoms with van der Waals surface area (Å²) in [5.74, 6) is 0. The van der Waals surface area contributed by atoms with Gasteiger partial charge in [0.05, 0.1) is 11.4 Å². The third-order valence-corrected chi connectivity index (χ3v) is 15.0. The fourth-order valence-corrected chi connectivity index (χ4v) is 12.0. The molecule has 1 aliphatic rings. The van der Waals surface area contributed by atoms with Gasteiger partial charge in [0, 0.05) is 54.3 Å². The predicted molar refractivity (Wildman–Crippen MR) is 293 cm³/mol. The highest BCUT2D eigenvalue weighted by atomic mass is 32.2. The lowest BCUT2D eigenvalue weighted by Gasteiger charge is -2.30. The van der Waals surface area contributed by atoms with E-state index in [0.29, 0.717) is 0 Å². The smallest absolute Gasteiger partial charge is 0.135 e. The third-order valence-electron chi connectivity index (χ3n) is 13.9. The molecule has 11 aromatic carbocycles. The molecule has 0 saturated heterocycles. The quantitative estimate of drug-likeness (QED) is 0.142. The van der Waals surface area contributed by atoms with Gasteiger partial charge in [-0.25, -0.2) is 0 Å². The second-order valence-corrected chi connectivity index (χ2v) is 19.4. The monoisotopic (exact) mass is 902 g/mol. The molecular formula is C65H46N2OS. The van der Waals surface area contributed by atoms with Gasteiger partial charge in [-0.1, -0.05) is 157 Å². The molecule has 2 heterocycles. The van der Waals surface area contributed by atoms with Crippen LogP contribution in [0.2, 0.25) is 0 Å². The highest BCUT2D eigenvalue weighted by Crippen LogP contribution is 2.52. The summed E-state index contributed by atoms with van der Waals surface area (Å²) in [4.78, 5) is 7.36. The normalized spacial score (nSPS) is 11.9. The first kappa shape index (κ1) is 40.9. The molecule has 328 valence electrons. The number of furan rings is 1. The van der Waals surface area contributed by atoms with Crippen molar-refractivity contribution in [3.05, 3.63) is 241 Å². The van der Waals surface area contributed by atoms with E-state index < -0.39 is 0 Å². The highest BCUT2D eigenvalue weighted by molar-refractivity contribution is 7.99. The topological polar surface area (TPSA) is 19.6 Å². The Hall–Kier alpha value is -8.31. The zero-order valence-corrected chi connectivity index (χ0v) is 39.4. The van der Waals surface area contributed by atoms with Gasteiger partial charge < -0.3 is 14.2 Å². The molecule has 0 saturated carbocycles. The number of fused-ring (bicyclic) bond motifs is 7. The van der Waals surface area contributed by atoms with Gasteiger partial charge in [0.25, 0.3) is 0 Å². The number of benzene rings is 11. The average molecular weight is 903 g/mol. The summed E-state index contributed by atoms with van der Waals surface area (Å²) >= 11 is 1.88. The summed E-state index contributed by atoms with van der Waals surface area (Å²) < 4.78 is 6.28. The summed E-state index contributed by atoms with van der Waals surface area (Å²) in [7, 11) is 0. The van der Waals surface area contributed by atoms with E-state index in [2.05, 4.69) is 243 Å². The molecule has 0 unspecified atom stereocenters. The van der Waals surface area contributed by atoms with Gasteiger partial charge in [0.1, 0.15) is 11.2 Å². The number of anilines is 6. The van der Waals surface area contributed by atoms with Gasteiger partial charge in [-0.3, -0.25) is 0 Å². The zero-order chi connectivity index (χ0) is 46.2. The van der Waals surface area contributed by atoms with Crippen molar-refractivity contribution in [2.75, 3.05) is 9.80 Å². The molecule has 0 radical (unpaired) electrons. The maximum Gasteiger partial charge on any atom is 0.135 e. The molecule has 13 rings (SSSR count). The van der Waals surface area contributed by atoms with Gasteiger partial charge in [-0.2, -0.15) is 0 Å². The van der Waals surface area contributed by atoms with Gasteiger partial charge >= 0.3 is 0 Å². The lowest BCUT2D eigenvalue weighted by atomic mass is 9.91. The van der Waals surface area contributed by atoms with E-state index in [4.69, 9.17) is 4.42 Å². The Labute approximate surface area is 406 Å². The highest BCUT2D eigenvalue weighted by Gasteiger charge is 2.25. The Bertz CT molecular complexity index is 3940. The van der Waals surface area contributed by atoms with Crippen molar-refractivity contribution in [3.8, 4) is 33.4 Å². The van der Waals surface area contributed by atoms with Crippen molar-refractivity contribution in [1.82, 2.24) is 0 Å². The van der Waals surface area contributed by atoms with E-state index in [-0.39, 0.29) is 0 Å². The van der Waals surface area contributed by atoms with Crippen LogP contribution in [0.25, 0.3) is 76.9 Å². The Morgan fingerprint density at radius 1 is 0.362 bits per heavy atom. The van der Waals surface area contributed by atoms with Gasteiger partial charge in [-0.15, -0.1) is 0 Å². The second-order valence-electron chi connectivity index (χ2n) is 18.3. The van der Waals surface area contributed by atoms with E-state index in [1.165, 1.54) is 81.5 Å². The van der Waals surface area contributed by atoms with Crippen LogP contribution in [0.5, 0.6) is 0 Å². The minimum Gasteiger partial charge on any atom is -0.456 e. The Balaban J connectivity index is 0.892. The number of aryl methyl sites for hydroxylation is 3. The fraction of sp³-hybridized carbons (Fsp3) is 0.0462. The van der Waals surface area contributed by atoms with Crippen molar-refractivity contribution < 1.29 is 4.42 Å². The minimum atomic E-state index is 0.881. The van der Waals surface area contributed by atoms with Crippen molar-refractivity contribution in [2.45, 2.75) is 30.6 Å². The first-order valence-electron chi connectivity index (χ1n) is 23.6. The van der Waals surface area contributed by atoms with Crippen molar-refractivity contribution in [1.29, 1.82) is 0 Å². The summed E-state index contributed by atoms with van der Waals surface area (Å²) in [6.07, 6.45) is 0. The fourth-order valence-electron chi connectivity index (χ4n) is 10.9. The SMILES string of the molecule is Cc1cc(C)c(N(c2ccccc2)c2ccc3c(c2)Sc2cccc4c2c-3cc2ccc(-c3ccc(N(c5ccc6oc7ccccc7c6c5)c5ccccc5-c5ccccc5)cc3)cc24)c(C)c1. The van der Waals surface area contributed by atoms with Crippen LogP contribution in [-0.4, -0.2) is 0 Å². The Morgan fingerprint density at radius 2 is 1.01 bits per heavy atom. The van der Waals surface area contributed by atoms with Gasteiger partial charge in [-0.05, 0) is 161 Å². The van der Waals surface area contributed by atoms with E-state index >= 15 is 0 Å². The molecule has 0 amide bonds. The first-order valence-corrected chi connectivity index (χ1v) is 24.5. The van der Waals surface area contributed by atoms with Crippen LogP contribution in [0, 0.1) is 20.8 Å². The first-order chi connectivity index (χ1) is 33.9. The summed E-state index contributed by atoms with van der Waals surface area (Å²) in [6, 6.07) is 81.9.